The molecule has 0 aliphatic carbocycles. The number of urea groups is 1. The van der Waals surface area contributed by atoms with Gasteiger partial charge >= 0.3 is 12.0 Å². The van der Waals surface area contributed by atoms with E-state index in [1.807, 2.05) is 0 Å². The number of hydrogen-bond acceptors (Lipinski definition) is 2. The van der Waals surface area contributed by atoms with E-state index >= 15 is 0 Å². The fourth-order valence-corrected chi connectivity index (χ4v) is 1.75. The molecule has 1 atom stereocenters. The van der Waals surface area contributed by atoms with E-state index in [0.29, 0.717) is 31.3 Å². The quantitative estimate of drug-likeness (QED) is 0.686. The van der Waals surface area contributed by atoms with Crippen LogP contribution in [0.25, 0.3) is 0 Å². The van der Waals surface area contributed by atoms with Crippen LogP contribution in [0.15, 0.2) is 0 Å². The molecule has 0 aliphatic heterocycles. The van der Waals surface area contributed by atoms with E-state index in [-0.39, 0.29) is 6.03 Å². The van der Waals surface area contributed by atoms with Gasteiger partial charge in [-0.2, -0.15) is 0 Å². The molecule has 0 rings (SSSR count). The first-order valence-corrected chi connectivity index (χ1v) is 7.92. The predicted octanol–water partition coefficient (Wildman–Crippen LogP) is 3.34. The zero-order valence-corrected chi connectivity index (χ0v) is 14.4. The maximum atomic E-state index is 12.4. The van der Waals surface area contributed by atoms with Crippen molar-refractivity contribution in [3.63, 3.8) is 0 Å². The Kier molecular flexibility index (Phi) is 8.37. The number of amides is 2. The van der Waals surface area contributed by atoms with Gasteiger partial charge in [-0.3, -0.25) is 0 Å². The van der Waals surface area contributed by atoms with Crippen molar-refractivity contribution in [3.8, 4) is 0 Å². The molecule has 1 unspecified atom stereocenters. The van der Waals surface area contributed by atoms with E-state index in [2.05, 4.69) is 33.0 Å². The van der Waals surface area contributed by atoms with Crippen molar-refractivity contribution in [2.24, 2.45) is 11.8 Å². The van der Waals surface area contributed by atoms with Gasteiger partial charge in [0.25, 0.3) is 0 Å². The van der Waals surface area contributed by atoms with Crippen LogP contribution in [0.5, 0.6) is 0 Å². The Morgan fingerprint density at radius 2 is 1.52 bits per heavy atom. The van der Waals surface area contributed by atoms with Gasteiger partial charge < -0.3 is 15.3 Å². The predicted molar refractivity (Wildman–Crippen MR) is 85.3 cm³/mol. The van der Waals surface area contributed by atoms with Gasteiger partial charge in [0.2, 0.25) is 0 Å². The zero-order valence-electron chi connectivity index (χ0n) is 14.4. The minimum atomic E-state index is -1.20. The lowest BCUT2D eigenvalue weighted by Gasteiger charge is -2.31. The summed E-state index contributed by atoms with van der Waals surface area (Å²) in [6.07, 6.45) is 2.19. The summed E-state index contributed by atoms with van der Waals surface area (Å²) >= 11 is 0. The van der Waals surface area contributed by atoms with Gasteiger partial charge in [0, 0.05) is 13.1 Å². The van der Waals surface area contributed by atoms with Crippen LogP contribution in [0.3, 0.4) is 0 Å². The molecule has 0 saturated heterocycles. The Hall–Kier alpha value is -1.26. The molecule has 5 nitrogen and oxygen atoms in total. The summed E-state index contributed by atoms with van der Waals surface area (Å²) in [5, 5.41) is 11.9. The lowest BCUT2D eigenvalue weighted by molar-refractivity contribution is -0.143. The third-order valence-electron chi connectivity index (χ3n) is 3.80. The van der Waals surface area contributed by atoms with Crippen LogP contribution in [0.1, 0.15) is 60.8 Å². The number of hydrogen-bond donors (Lipinski definition) is 2. The third kappa shape index (κ3) is 7.34. The van der Waals surface area contributed by atoms with E-state index in [1.54, 1.807) is 18.7 Å². The van der Waals surface area contributed by atoms with Gasteiger partial charge in [0.1, 0.15) is 5.54 Å². The van der Waals surface area contributed by atoms with Gasteiger partial charge in [0.05, 0.1) is 0 Å². The molecule has 0 spiro atoms. The maximum absolute atomic E-state index is 12.4. The van der Waals surface area contributed by atoms with E-state index in [9.17, 15) is 14.7 Å². The average Bonchev–Trinajstić information content (AvgIpc) is 2.37. The monoisotopic (exact) mass is 300 g/mol. The summed E-state index contributed by atoms with van der Waals surface area (Å²) < 4.78 is 0. The largest absolute Gasteiger partial charge is 0.480 e. The first kappa shape index (κ1) is 19.7. The maximum Gasteiger partial charge on any atom is 0.329 e. The van der Waals surface area contributed by atoms with Gasteiger partial charge in [-0.05, 0) is 38.0 Å². The van der Waals surface area contributed by atoms with E-state index in [0.717, 1.165) is 12.8 Å². The minimum Gasteiger partial charge on any atom is -0.480 e. The summed E-state index contributed by atoms with van der Waals surface area (Å²) in [5.74, 6) is 0.0267. The smallest absolute Gasteiger partial charge is 0.329 e. The number of carbonyl (C=O) groups excluding carboxylic acids is 1. The first-order chi connectivity index (χ1) is 9.62. The number of rotatable bonds is 9. The Morgan fingerprint density at radius 1 is 1.10 bits per heavy atom. The van der Waals surface area contributed by atoms with Crippen LogP contribution in [0.2, 0.25) is 0 Å². The van der Waals surface area contributed by atoms with Gasteiger partial charge in [-0.25, -0.2) is 9.59 Å². The van der Waals surface area contributed by atoms with Crippen molar-refractivity contribution in [3.05, 3.63) is 0 Å². The molecule has 21 heavy (non-hydrogen) atoms. The minimum absolute atomic E-state index is 0.275. The van der Waals surface area contributed by atoms with Crippen LogP contribution in [-0.2, 0) is 4.79 Å². The molecule has 0 aromatic heterocycles. The fraction of sp³-hybridized carbons (Fsp3) is 0.875. The molecule has 0 bridgehead atoms. The van der Waals surface area contributed by atoms with Crippen molar-refractivity contribution in [1.82, 2.24) is 10.2 Å². The second kappa shape index (κ2) is 8.90. The Labute approximate surface area is 129 Å². The molecule has 5 heteroatoms. The van der Waals surface area contributed by atoms with Crippen molar-refractivity contribution in [2.45, 2.75) is 66.3 Å². The first-order valence-electron chi connectivity index (χ1n) is 7.92. The molecule has 0 radical (unpaired) electrons. The lowest BCUT2D eigenvalue weighted by atomic mass is 9.99. The molecular weight excluding hydrogens is 268 g/mol. The zero-order chi connectivity index (χ0) is 16.6. The van der Waals surface area contributed by atoms with Gasteiger partial charge in [-0.15, -0.1) is 0 Å². The van der Waals surface area contributed by atoms with Crippen LogP contribution < -0.4 is 5.32 Å². The standard InChI is InChI=1S/C16H32N2O3/c1-7-16(6,14(19)20)17-15(21)18(10-8-12(2)3)11-9-13(4)5/h12-13H,7-11H2,1-6H3,(H,17,21)(H,19,20). The normalized spacial score (nSPS) is 14.1. The summed E-state index contributed by atoms with van der Waals surface area (Å²) in [6.45, 7) is 13.1. The number of nitrogens with one attached hydrogen (secondary N) is 1. The Morgan fingerprint density at radius 3 is 1.81 bits per heavy atom. The van der Waals surface area contributed by atoms with Gasteiger partial charge in [-0.1, -0.05) is 34.6 Å². The summed E-state index contributed by atoms with van der Waals surface area (Å²) in [7, 11) is 0. The van der Waals surface area contributed by atoms with Crippen molar-refractivity contribution in [2.75, 3.05) is 13.1 Å². The highest BCUT2D eigenvalue weighted by Gasteiger charge is 2.34. The van der Waals surface area contributed by atoms with E-state index < -0.39 is 11.5 Å². The third-order valence-corrected chi connectivity index (χ3v) is 3.80. The number of nitrogens with zero attached hydrogens (tertiary/aromatic N) is 1. The topological polar surface area (TPSA) is 69.6 Å². The van der Waals surface area contributed by atoms with E-state index in [1.165, 1.54) is 0 Å². The Bertz CT molecular complexity index is 330. The highest BCUT2D eigenvalue weighted by Crippen LogP contribution is 2.12. The van der Waals surface area contributed by atoms with Crippen LogP contribution in [-0.4, -0.2) is 40.6 Å². The molecular formula is C16H32N2O3. The lowest BCUT2D eigenvalue weighted by Crippen LogP contribution is -2.56. The number of carbonyl (C=O) groups is 2. The Balaban J connectivity index is 4.79. The number of carboxylic acid groups (broad SMARTS) is 1. The second-order valence-corrected chi connectivity index (χ2v) is 6.77. The molecule has 0 aromatic rings. The molecule has 2 amide bonds. The van der Waals surface area contributed by atoms with Crippen molar-refractivity contribution in [1.29, 1.82) is 0 Å². The molecule has 0 fully saturated rings. The van der Waals surface area contributed by atoms with Crippen LogP contribution >= 0.6 is 0 Å². The summed E-state index contributed by atoms with van der Waals surface area (Å²) in [6, 6.07) is -0.275. The number of carboxylic acids is 1. The fourth-order valence-electron chi connectivity index (χ4n) is 1.75. The van der Waals surface area contributed by atoms with Crippen LogP contribution in [0.4, 0.5) is 4.79 Å². The molecule has 0 saturated carbocycles. The SMILES string of the molecule is CCC(C)(NC(=O)N(CCC(C)C)CCC(C)C)C(=O)O. The summed E-state index contributed by atoms with van der Waals surface area (Å²) in [4.78, 5) is 25.5. The van der Waals surface area contributed by atoms with Crippen LogP contribution in [0, 0.1) is 11.8 Å². The van der Waals surface area contributed by atoms with Crippen molar-refractivity contribution < 1.29 is 14.7 Å². The number of aliphatic carboxylic acids is 1. The van der Waals surface area contributed by atoms with Crippen molar-refractivity contribution >= 4 is 12.0 Å². The molecule has 124 valence electrons. The second-order valence-electron chi connectivity index (χ2n) is 6.77. The molecule has 0 heterocycles. The van der Waals surface area contributed by atoms with Gasteiger partial charge in [0.15, 0.2) is 0 Å². The summed E-state index contributed by atoms with van der Waals surface area (Å²) in [5.41, 5.74) is -1.20. The average molecular weight is 300 g/mol. The molecule has 2 N–H and O–H groups in total. The van der Waals surface area contributed by atoms with E-state index in [4.69, 9.17) is 0 Å². The molecule has 0 aromatic carbocycles. The molecule has 0 aliphatic rings. The highest BCUT2D eigenvalue weighted by molar-refractivity contribution is 5.85. The highest BCUT2D eigenvalue weighted by atomic mass is 16.4.